The van der Waals surface area contributed by atoms with Crippen LogP contribution in [0.15, 0.2) is 5.16 Å². The minimum Gasteiger partial charge on any atom is -0.409 e. The fraction of sp³-hybridized carbons (Fsp3) is 0.929. The van der Waals surface area contributed by atoms with Crippen LogP contribution in [0.1, 0.15) is 58.8 Å². The number of nitrogens with two attached hydrogens (primary N) is 1. The SMILES string of the molecule is CCCCCCCCCN(C)CC(C)C(N)=NO. The molecular formula is C14H31N3O. The summed E-state index contributed by atoms with van der Waals surface area (Å²) in [6, 6.07) is 0. The first-order valence-electron chi connectivity index (χ1n) is 7.27. The highest BCUT2D eigenvalue weighted by molar-refractivity contribution is 5.82. The topological polar surface area (TPSA) is 61.8 Å². The molecule has 0 aliphatic heterocycles. The molecule has 0 aliphatic rings. The summed E-state index contributed by atoms with van der Waals surface area (Å²) in [5, 5.41) is 11.6. The summed E-state index contributed by atoms with van der Waals surface area (Å²) >= 11 is 0. The van der Waals surface area contributed by atoms with Crippen molar-refractivity contribution in [2.45, 2.75) is 58.8 Å². The summed E-state index contributed by atoms with van der Waals surface area (Å²) in [5.41, 5.74) is 5.56. The first kappa shape index (κ1) is 17.2. The van der Waals surface area contributed by atoms with Gasteiger partial charge in [-0.25, -0.2) is 0 Å². The molecule has 4 heteroatoms. The van der Waals surface area contributed by atoms with Crippen molar-refractivity contribution in [1.82, 2.24) is 4.90 Å². The van der Waals surface area contributed by atoms with Crippen LogP contribution in [0.3, 0.4) is 0 Å². The van der Waals surface area contributed by atoms with E-state index in [1.807, 2.05) is 6.92 Å². The van der Waals surface area contributed by atoms with Crippen LogP contribution in [0.5, 0.6) is 0 Å². The molecule has 0 aliphatic carbocycles. The molecule has 0 aromatic heterocycles. The van der Waals surface area contributed by atoms with E-state index in [4.69, 9.17) is 10.9 Å². The molecule has 18 heavy (non-hydrogen) atoms. The highest BCUT2D eigenvalue weighted by Crippen LogP contribution is 2.07. The Balaban J connectivity index is 3.45. The average Bonchev–Trinajstić information content (AvgIpc) is 2.36. The number of hydrogen-bond donors (Lipinski definition) is 2. The Morgan fingerprint density at radius 1 is 1.17 bits per heavy atom. The molecule has 0 rings (SSSR count). The summed E-state index contributed by atoms with van der Waals surface area (Å²) in [6.45, 7) is 6.18. The molecule has 0 spiro atoms. The molecule has 0 radical (unpaired) electrons. The predicted molar refractivity (Wildman–Crippen MR) is 78.1 cm³/mol. The fourth-order valence-electron chi connectivity index (χ4n) is 2.09. The number of rotatable bonds is 11. The molecular weight excluding hydrogens is 226 g/mol. The molecule has 0 fully saturated rings. The standard InChI is InChI=1S/C14H31N3O/c1-4-5-6-7-8-9-10-11-17(3)12-13(2)14(15)16-18/h13,18H,4-12H2,1-3H3,(H2,15,16). The normalized spacial score (nSPS) is 14.1. The molecule has 0 saturated heterocycles. The van der Waals surface area contributed by atoms with Crippen LogP contribution in [0, 0.1) is 5.92 Å². The largest absolute Gasteiger partial charge is 0.409 e. The average molecular weight is 257 g/mol. The van der Waals surface area contributed by atoms with Gasteiger partial charge < -0.3 is 15.8 Å². The molecule has 3 N–H and O–H groups in total. The monoisotopic (exact) mass is 257 g/mol. The Morgan fingerprint density at radius 2 is 1.72 bits per heavy atom. The third-order valence-corrected chi connectivity index (χ3v) is 3.35. The number of amidine groups is 1. The van der Waals surface area contributed by atoms with Crippen molar-refractivity contribution >= 4 is 5.84 Å². The van der Waals surface area contributed by atoms with Gasteiger partial charge in [-0.05, 0) is 20.0 Å². The lowest BCUT2D eigenvalue weighted by molar-refractivity contribution is 0.290. The summed E-state index contributed by atoms with van der Waals surface area (Å²) in [4.78, 5) is 2.26. The fourth-order valence-corrected chi connectivity index (χ4v) is 2.09. The van der Waals surface area contributed by atoms with E-state index >= 15 is 0 Å². The highest BCUT2D eigenvalue weighted by atomic mass is 16.4. The Morgan fingerprint density at radius 3 is 2.28 bits per heavy atom. The van der Waals surface area contributed by atoms with Gasteiger partial charge in [0.25, 0.3) is 0 Å². The first-order chi connectivity index (χ1) is 8.61. The second-order valence-corrected chi connectivity index (χ2v) is 5.31. The molecule has 108 valence electrons. The van der Waals surface area contributed by atoms with Gasteiger partial charge in [0.05, 0.1) is 0 Å². The van der Waals surface area contributed by atoms with Crippen molar-refractivity contribution in [1.29, 1.82) is 0 Å². The first-order valence-corrected chi connectivity index (χ1v) is 7.27. The van der Waals surface area contributed by atoms with Crippen molar-refractivity contribution in [3.8, 4) is 0 Å². The van der Waals surface area contributed by atoms with Gasteiger partial charge in [-0.2, -0.15) is 0 Å². The van der Waals surface area contributed by atoms with Gasteiger partial charge in [-0.15, -0.1) is 0 Å². The van der Waals surface area contributed by atoms with E-state index < -0.39 is 0 Å². The molecule has 0 heterocycles. The van der Waals surface area contributed by atoms with Crippen LogP contribution in [-0.2, 0) is 0 Å². The number of hydrogen-bond acceptors (Lipinski definition) is 3. The van der Waals surface area contributed by atoms with E-state index in [9.17, 15) is 0 Å². The molecule has 0 bridgehead atoms. The van der Waals surface area contributed by atoms with Gasteiger partial charge in [0.2, 0.25) is 0 Å². The zero-order chi connectivity index (χ0) is 13.8. The summed E-state index contributed by atoms with van der Waals surface area (Å²) in [6.07, 6.45) is 9.34. The molecule has 0 aromatic carbocycles. The number of oxime groups is 1. The summed E-state index contributed by atoms with van der Waals surface area (Å²) in [5.74, 6) is 0.436. The molecule has 0 amide bonds. The van der Waals surface area contributed by atoms with Crippen LogP contribution in [-0.4, -0.2) is 36.1 Å². The highest BCUT2D eigenvalue weighted by Gasteiger charge is 2.10. The van der Waals surface area contributed by atoms with Gasteiger partial charge in [0.1, 0.15) is 5.84 Å². The smallest absolute Gasteiger partial charge is 0.143 e. The Labute approximate surface area is 112 Å². The van der Waals surface area contributed by atoms with Crippen LogP contribution >= 0.6 is 0 Å². The van der Waals surface area contributed by atoms with Gasteiger partial charge >= 0.3 is 0 Å². The third kappa shape index (κ3) is 9.28. The van der Waals surface area contributed by atoms with Crippen LogP contribution in [0.2, 0.25) is 0 Å². The number of unbranched alkanes of at least 4 members (excludes halogenated alkanes) is 6. The van der Waals surface area contributed by atoms with E-state index in [2.05, 4.69) is 24.0 Å². The van der Waals surface area contributed by atoms with Gasteiger partial charge in [-0.3, -0.25) is 0 Å². The second-order valence-electron chi connectivity index (χ2n) is 5.31. The molecule has 1 atom stereocenters. The van der Waals surface area contributed by atoms with Crippen molar-refractivity contribution in [2.24, 2.45) is 16.8 Å². The van der Waals surface area contributed by atoms with E-state index in [-0.39, 0.29) is 5.92 Å². The van der Waals surface area contributed by atoms with Crippen molar-refractivity contribution in [2.75, 3.05) is 20.1 Å². The maximum absolute atomic E-state index is 8.58. The second kappa shape index (κ2) is 11.3. The van der Waals surface area contributed by atoms with E-state index in [1.54, 1.807) is 0 Å². The molecule has 4 nitrogen and oxygen atoms in total. The number of nitrogens with zero attached hydrogens (tertiary/aromatic N) is 2. The van der Waals surface area contributed by atoms with Crippen LogP contribution < -0.4 is 5.73 Å². The zero-order valence-electron chi connectivity index (χ0n) is 12.4. The van der Waals surface area contributed by atoms with Crippen molar-refractivity contribution < 1.29 is 5.21 Å². The lowest BCUT2D eigenvalue weighted by atomic mass is 10.1. The molecule has 0 saturated carbocycles. The maximum atomic E-state index is 8.58. The predicted octanol–water partition coefficient (Wildman–Crippen LogP) is 3.05. The van der Waals surface area contributed by atoms with E-state index in [1.165, 1.54) is 44.9 Å². The van der Waals surface area contributed by atoms with Crippen molar-refractivity contribution in [3.63, 3.8) is 0 Å². The van der Waals surface area contributed by atoms with E-state index in [0.29, 0.717) is 5.84 Å². The molecule has 0 aromatic rings. The van der Waals surface area contributed by atoms with Gasteiger partial charge in [-0.1, -0.05) is 57.5 Å². The minimum atomic E-state index is 0.115. The van der Waals surface area contributed by atoms with Crippen LogP contribution in [0.4, 0.5) is 0 Å². The zero-order valence-corrected chi connectivity index (χ0v) is 12.4. The Kier molecular flexibility index (Phi) is 10.8. The Hall–Kier alpha value is -0.770. The van der Waals surface area contributed by atoms with Crippen molar-refractivity contribution in [3.05, 3.63) is 0 Å². The maximum Gasteiger partial charge on any atom is 0.143 e. The van der Waals surface area contributed by atoms with Gasteiger partial charge in [0.15, 0.2) is 0 Å². The van der Waals surface area contributed by atoms with E-state index in [0.717, 1.165) is 13.1 Å². The minimum absolute atomic E-state index is 0.115. The molecule has 1 unspecified atom stereocenters. The quantitative estimate of drug-likeness (QED) is 0.197. The Bertz CT molecular complexity index is 219. The third-order valence-electron chi connectivity index (χ3n) is 3.35. The van der Waals surface area contributed by atoms with Gasteiger partial charge in [0, 0.05) is 12.5 Å². The summed E-state index contributed by atoms with van der Waals surface area (Å²) in [7, 11) is 2.10. The lowest BCUT2D eigenvalue weighted by Gasteiger charge is -2.20. The van der Waals surface area contributed by atoms with Crippen LogP contribution in [0.25, 0.3) is 0 Å². The lowest BCUT2D eigenvalue weighted by Crippen LogP contribution is -2.33. The summed E-state index contributed by atoms with van der Waals surface area (Å²) < 4.78 is 0.